The fraction of sp³-hybridized carbons (Fsp3) is 0.400. The minimum atomic E-state index is -4.41. The quantitative estimate of drug-likeness (QED) is 0.622. The molecule has 0 aromatic heterocycles. The number of aliphatic hydroxyl groups excluding tert-OH is 1. The fourth-order valence-corrected chi connectivity index (χ4v) is 3.81. The average molecular weight is 461 g/mol. The van der Waals surface area contributed by atoms with Crippen molar-refractivity contribution in [2.24, 2.45) is 0 Å². The summed E-state index contributed by atoms with van der Waals surface area (Å²) in [5, 5.41) is 12.1. The lowest BCUT2D eigenvalue weighted by molar-refractivity contribution is -0.151. The molecule has 0 unspecified atom stereocenters. The fourth-order valence-electron chi connectivity index (χ4n) is 3.81. The maximum absolute atomic E-state index is 12.9. The first kappa shape index (κ1) is 23.3. The van der Waals surface area contributed by atoms with Gasteiger partial charge in [0.15, 0.2) is 5.76 Å². The Bertz CT molecular complexity index is 982. The topological polar surface area (TPSA) is 67.8 Å². The number of carbonyl (C=O) groups is 1. The zero-order chi connectivity index (χ0) is 23.4. The van der Waals surface area contributed by atoms with E-state index in [1.54, 1.807) is 18.2 Å². The number of ether oxygens (including phenoxy) is 2. The normalized spacial score (nSPS) is 21.0. The average Bonchev–Trinajstić information content (AvgIpc) is 2.79. The van der Waals surface area contributed by atoms with E-state index in [2.05, 4.69) is 5.32 Å². The van der Waals surface area contributed by atoms with Gasteiger partial charge in [-0.25, -0.2) is 0 Å². The number of allylic oxidation sites excluding steroid dienone is 1. The van der Waals surface area contributed by atoms with E-state index in [1.165, 1.54) is 12.1 Å². The Hall–Kier alpha value is -2.84. The molecule has 1 aliphatic heterocycles. The molecule has 1 amide bonds. The molecule has 176 valence electrons. The second-order valence-electron chi connectivity index (χ2n) is 8.43. The zero-order valence-electron chi connectivity index (χ0n) is 18.0. The summed E-state index contributed by atoms with van der Waals surface area (Å²) in [7, 11) is 0. The predicted octanol–water partition coefficient (Wildman–Crippen LogP) is 4.80. The van der Waals surface area contributed by atoms with Crippen molar-refractivity contribution in [2.75, 3.05) is 0 Å². The SMILES string of the molecule is O=C(NC1CCC1)C1=C[C@@H](c2ccc(C(F)(F)F)cc2)C[C@@H](OCc2ccc(CO)cc2)O1. The van der Waals surface area contributed by atoms with Crippen LogP contribution < -0.4 is 5.32 Å². The van der Waals surface area contributed by atoms with Crippen LogP contribution in [0.3, 0.4) is 0 Å². The summed E-state index contributed by atoms with van der Waals surface area (Å²) in [5.74, 6) is -0.541. The first-order valence-electron chi connectivity index (χ1n) is 11.0. The third-order valence-electron chi connectivity index (χ3n) is 6.03. The van der Waals surface area contributed by atoms with Crippen molar-refractivity contribution in [3.8, 4) is 0 Å². The van der Waals surface area contributed by atoms with Crippen LogP contribution in [0.4, 0.5) is 13.2 Å². The molecule has 5 nitrogen and oxygen atoms in total. The lowest BCUT2D eigenvalue weighted by Crippen LogP contribution is -2.42. The Kier molecular flexibility index (Phi) is 7.05. The summed E-state index contributed by atoms with van der Waals surface area (Å²) in [4.78, 5) is 12.7. The van der Waals surface area contributed by atoms with Gasteiger partial charge in [0.05, 0.1) is 18.8 Å². The Labute approximate surface area is 190 Å². The molecule has 0 spiro atoms. The Balaban J connectivity index is 1.49. The molecule has 1 aliphatic carbocycles. The van der Waals surface area contributed by atoms with E-state index in [1.807, 2.05) is 12.1 Å². The zero-order valence-corrected chi connectivity index (χ0v) is 18.0. The highest BCUT2D eigenvalue weighted by atomic mass is 19.4. The van der Waals surface area contributed by atoms with E-state index in [0.717, 1.165) is 42.5 Å². The van der Waals surface area contributed by atoms with E-state index in [-0.39, 0.29) is 36.8 Å². The summed E-state index contributed by atoms with van der Waals surface area (Å²) in [6.45, 7) is 0.180. The third-order valence-corrected chi connectivity index (χ3v) is 6.03. The number of hydrogen-bond acceptors (Lipinski definition) is 4. The highest BCUT2D eigenvalue weighted by molar-refractivity contribution is 5.92. The number of hydrogen-bond donors (Lipinski definition) is 2. The van der Waals surface area contributed by atoms with Crippen LogP contribution in [0.5, 0.6) is 0 Å². The van der Waals surface area contributed by atoms with Crippen molar-refractivity contribution >= 4 is 5.91 Å². The van der Waals surface area contributed by atoms with Crippen molar-refractivity contribution in [1.82, 2.24) is 5.32 Å². The van der Waals surface area contributed by atoms with Crippen molar-refractivity contribution in [3.05, 3.63) is 82.6 Å². The number of amides is 1. The van der Waals surface area contributed by atoms with Gasteiger partial charge in [-0.2, -0.15) is 13.2 Å². The summed E-state index contributed by atoms with van der Waals surface area (Å²) in [6.07, 6.45) is -0.209. The van der Waals surface area contributed by atoms with Crippen LogP contribution in [-0.2, 0) is 33.7 Å². The smallest absolute Gasteiger partial charge is 0.416 e. The van der Waals surface area contributed by atoms with E-state index in [0.29, 0.717) is 12.0 Å². The molecule has 1 saturated carbocycles. The van der Waals surface area contributed by atoms with Crippen LogP contribution in [0.1, 0.15) is 53.9 Å². The van der Waals surface area contributed by atoms with Crippen LogP contribution in [0.15, 0.2) is 60.4 Å². The van der Waals surface area contributed by atoms with E-state index >= 15 is 0 Å². The van der Waals surface area contributed by atoms with Crippen molar-refractivity contribution in [3.63, 3.8) is 0 Å². The molecule has 1 heterocycles. The molecule has 0 radical (unpaired) electrons. The summed E-state index contributed by atoms with van der Waals surface area (Å²) < 4.78 is 50.6. The number of benzene rings is 2. The Morgan fingerprint density at radius 1 is 1.06 bits per heavy atom. The first-order chi connectivity index (χ1) is 15.8. The third kappa shape index (κ3) is 5.94. The molecule has 0 bridgehead atoms. The first-order valence-corrected chi connectivity index (χ1v) is 11.0. The number of nitrogens with one attached hydrogen (secondary N) is 1. The highest BCUT2D eigenvalue weighted by Gasteiger charge is 2.33. The summed E-state index contributed by atoms with van der Waals surface area (Å²) in [6, 6.07) is 12.3. The molecule has 0 saturated heterocycles. The summed E-state index contributed by atoms with van der Waals surface area (Å²) in [5.41, 5.74) is 1.59. The van der Waals surface area contributed by atoms with Gasteiger partial charge in [0, 0.05) is 18.4 Å². The van der Waals surface area contributed by atoms with Gasteiger partial charge < -0.3 is 19.9 Å². The lowest BCUT2D eigenvalue weighted by atomic mass is 9.91. The number of carbonyl (C=O) groups excluding carboxylic acids is 1. The van der Waals surface area contributed by atoms with E-state index < -0.39 is 18.0 Å². The molecule has 2 aromatic rings. The minimum absolute atomic E-state index is 0.0497. The molecule has 4 rings (SSSR count). The van der Waals surface area contributed by atoms with Gasteiger partial charge >= 0.3 is 6.18 Å². The number of rotatable bonds is 7. The van der Waals surface area contributed by atoms with Gasteiger partial charge in [-0.3, -0.25) is 4.79 Å². The molecular formula is C25H26F3NO4. The molecule has 2 atom stereocenters. The van der Waals surface area contributed by atoms with Crippen molar-refractivity contribution < 1.29 is 32.5 Å². The van der Waals surface area contributed by atoms with Gasteiger partial charge in [0.2, 0.25) is 6.29 Å². The van der Waals surface area contributed by atoms with Crippen LogP contribution in [0.2, 0.25) is 0 Å². The van der Waals surface area contributed by atoms with Gasteiger partial charge in [0.25, 0.3) is 5.91 Å². The van der Waals surface area contributed by atoms with Crippen LogP contribution in [0.25, 0.3) is 0 Å². The van der Waals surface area contributed by atoms with E-state index in [4.69, 9.17) is 14.6 Å². The monoisotopic (exact) mass is 461 g/mol. The Morgan fingerprint density at radius 2 is 1.73 bits per heavy atom. The molecule has 8 heteroatoms. The summed E-state index contributed by atoms with van der Waals surface area (Å²) >= 11 is 0. The van der Waals surface area contributed by atoms with Crippen molar-refractivity contribution in [2.45, 2.75) is 63.3 Å². The largest absolute Gasteiger partial charge is 0.459 e. The molecule has 1 fully saturated rings. The highest BCUT2D eigenvalue weighted by Crippen LogP contribution is 2.35. The predicted molar refractivity (Wildman–Crippen MR) is 115 cm³/mol. The second kappa shape index (κ2) is 9.97. The van der Waals surface area contributed by atoms with Gasteiger partial charge in [-0.1, -0.05) is 36.4 Å². The molecule has 2 aliphatic rings. The van der Waals surface area contributed by atoms with Gasteiger partial charge in [0.1, 0.15) is 0 Å². The van der Waals surface area contributed by atoms with Gasteiger partial charge in [-0.05, 0) is 54.2 Å². The molecule has 33 heavy (non-hydrogen) atoms. The Morgan fingerprint density at radius 3 is 2.30 bits per heavy atom. The van der Waals surface area contributed by atoms with Crippen LogP contribution >= 0.6 is 0 Å². The standard InChI is InChI=1S/C25H26F3NO4/c26-25(27,28)20-10-8-18(9-11-20)19-12-22(24(31)29-21-2-1-3-21)33-23(13-19)32-15-17-6-4-16(14-30)5-7-17/h4-12,19,21,23,30H,1-3,13-15H2,(H,29,31)/t19-,23+/m1/s1. The number of halogens is 3. The van der Waals surface area contributed by atoms with E-state index in [9.17, 15) is 18.0 Å². The van der Waals surface area contributed by atoms with Gasteiger partial charge in [-0.15, -0.1) is 0 Å². The van der Waals surface area contributed by atoms with Crippen LogP contribution in [-0.4, -0.2) is 23.3 Å². The van der Waals surface area contributed by atoms with Crippen LogP contribution in [0, 0.1) is 0 Å². The lowest BCUT2D eigenvalue weighted by Gasteiger charge is -2.31. The maximum Gasteiger partial charge on any atom is 0.416 e. The molecule has 2 N–H and O–H groups in total. The number of alkyl halides is 3. The number of aliphatic hydroxyl groups is 1. The molecular weight excluding hydrogens is 435 g/mol. The minimum Gasteiger partial charge on any atom is -0.459 e. The van der Waals surface area contributed by atoms with Crippen molar-refractivity contribution in [1.29, 1.82) is 0 Å². The second-order valence-corrected chi connectivity index (χ2v) is 8.43. The maximum atomic E-state index is 12.9. The molecule has 2 aromatic carbocycles.